The van der Waals surface area contributed by atoms with Gasteiger partial charge in [-0.3, -0.25) is 0 Å². The van der Waals surface area contributed by atoms with Gasteiger partial charge in [0.15, 0.2) is 0 Å². The van der Waals surface area contributed by atoms with Crippen LogP contribution in [0.15, 0.2) is 0 Å². The Kier molecular flexibility index (Phi) is 9.35. The van der Waals surface area contributed by atoms with E-state index in [2.05, 4.69) is 25.3 Å². The van der Waals surface area contributed by atoms with Crippen molar-refractivity contribution in [2.45, 2.75) is 12.2 Å². The third-order valence-corrected chi connectivity index (χ3v) is 1.57. The lowest BCUT2D eigenvalue weighted by Crippen LogP contribution is -2.28. The third-order valence-electron chi connectivity index (χ3n) is 0.818. The second-order valence-electron chi connectivity index (χ2n) is 1.50. The molecule has 0 saturated carbocycles. The quantitative estimate of drug-likeness (QED) is 0.326. The molecular formula is C4H10BO2S2. The van der Waals surface area contributed by atoms with Gasteiger partial charge >= 0.3 is 0 Å². The van der Waals surface area contributed by atoms with Gasteiger partial charge in [0, 0.05) is 19.9 Å². The van der Waals surface area contributed by atoms with E-state index in [4.69, 9.17) is 10.2 Å². The van der Waals surface area contributed by atoms with Gasteiger partial charge in [-0.1, -0.05) is 0 Å². The highest BCUT2D eigenvalue weighted by molar-refractivity contribution is 7.80. The highest BCUT2D eigenvalue weighted by atomic mass is 32.1. The minimum Gasteiger partial charge on any atom is -0.390 e. The van der Waals surface area contributed by atoms with E-state index in [0.29, 0.717) is 0 Å². The number of hydrogen-bond donors (Lipinski definition) is 4. The van der Waals surface area contributed by atoms with E-state index in [1.54, 1.807) is 0 Å². The molecule has 2 unspecified atom stereocenters. The van der Waals surface area contributed by atoms with E-state index >= 15 is 0 Å². The number of hydrogen-bond acceptors (Lipinski definition) is 4. The van der Waals surface area contributed by atoms with E-state index in [9.17, 15) is 0 Å². The van der Waals surface area contributed by atoms with Crippen molar-refractivity contribution in [3.05, 3.63) is 0 Å². The molecule has 5 heteroatoms. The summed E-state index contributed by atoms with van der Waals surface area (Å²) in [6.45, 7) is 0. The van der Waals surface area contributed by atoms with Crippen LogP contribution in [0.25, 0.3) is 0 Å². The van der Waals surface area contributed by atoms with E-state index < -0.39 is 12.2 Å². The highest BCUT2D eigenvalue weighted by Gasteiger charge is 2.10. The van der Waals surface area contributed by atoms with Crippen molar-refractivity contribution in [1.29, 1.82) is 0 Å². The van der Waals surface area contributed by atoms with Crippen LogP contribution in [0.5, 0.6) is 0 Å². The fraction of sp³-hybridized carbons (Fsp3) is 1.00. The Labute approximate surface area is 68.1 Å². The maximum absolute atomic E-state index is 8.75. The molecule has 2 nitrogen and oxygen atoms in total. The van der Waals surface area contributed by atoms with Crippen molar-refractivity contribution in [2.24, 2.45) is 0 Å². The number of thiol groups is 2. The molecule has 9 heavy (non-hydrogen) atoms. The van der Waals surface area contributed by atoms with Crippen LogP contribution in [-0.2, 0) is 0 Å². The molecule has 0 rings (SSSR count). The van der Waals surface area contributed by atoms with Gasteiger partial charge in [-0.15, -0.1) is 0 Å². The van der Waals surface area contributed by atoms with Crippen LogP contribution >= 0.6 is 25.3 Å². The molecule has 0 amide bonds. The predicted molar refractivity (Wildman–Crippen MR) is 45.5 cm³/mol. The Balaban J connectivity index is 0. The van der Waals surface area contributed by atoms with Gasteiger partial charge in [0.1, 0.15) is 0 Å². The normalized spacial score (nSPS) is 16.0. The van der Waals surface area contributed by atoms with Crippen LogP contribution in [0.1, 0.15) is 0 Å². The molecule has 0 heterocycles. The minimum absolute atomic E-state index is 0. The molecule has 53 valence electrons. The van der Waals surface area contributed by atoms with Crippen molar-refractivity contribution in [1.82, 2.24) is 0 Å². The third kappa shape index (κ3) is 5.15. The fourth-order valence-corrected chi connectivity index (χ4v) is 0.730. The molecule has 0 aromatic carbocycles. The molecule has 2 N–H and O–H groups in total. The van der Waals surface area contributed by atoms with E-state index in [0.717, 1.165) is 0 Å². The lowest BCUT2D eigenvalue weighted by atomic mass is 10.3. The van der Waals surface area contributed by atoms with Gasteiger partial charge in [0.2, 0.25) is 0 Å². The van der Waals surface area contributed by atoms with Crippen LogP contribution in [0.2, 0.25) is 0 Å². The van der Waals surface area contributed by atoms with Gasteiger partial charge in [0.25, 0.3) is 0 Å². The molecule has 0 aliphatic carbocycles. The minimum atomic E-state index is -0.740. The van der Waals surface area contributed by atoms with Crippen LogP contribution < -0.4 is 0 Å². The first-order valence-electron chi connectivity index (χ1n) is 2.30. The molecule has 0 saturated heterocycles. The average Bonchev–Trinajstić information content (AvgIpc) is 1.84. The standard InChI is InChI=1S/C4H10O2S2.B/c5-3(1-7)4(6)2-8;/h3-8H,1-2H2;. The van der Waals surface area contributed by atoms with Gasteiger partial charge in [0.05, 0.1) is 12.2 Å². The molecule has 0 aliphatic rings. The number of rotatable bonds is 3. The summed E-state index contributed by atoms with van der Waals surface area (Å²) in [6, 6.07) is 0. The SMILES string of the molecule is OC(CS)C(O)CS.[B]. The molecule has 3 radical (unpaired) electrons. The summed E-state index contributed by atoms with van der Waals surface area (Å²) in [4.78, 5) is 0. The van der Waals surface area contributed by atoms with E-state index in [1.807, 2.05) is 0 Å². The summed E-state index contributed by atoms with van der Waals surface area (Å²) in [6.07, 6.45) is -1.48. The number of aliphatic hydroxyl groups is 2. The van der Waals surface area contributed by atoms with Crippen molar-refractivity contribution in [3.8, 4) is 0 Å². The largest absolute Gasteiger partial charge is 0.390 e. The number of aliphatic hydroxyl groups excluding tert-OH is 2. The first-order valence-corrected chi connectivity index (χ1v) is 3.56. The monoisotopic (exact) mass is 165 g/mol. The summed E-state index contributed by atoms with van der Waals surface area (Å²) in [5.74, 6) is 0.559. The Bertz CT molecular complexity index is 56.5. The van der Waals surface area contributed by atoms with E-state index in [-0.39, 0.29) is 19.9 Å². The summed E-state index contributed by atoms with van der Waals surface area (Å²) in [5, 5.41) is 17.5. The van der Waals surface area contributed by atoms with Crippen LogP contribution in [0.3, 0.4) is 0 Å². The average molecular weight is 165 g/mol. The zero-order chi connectivity index (χ0) is 6.57. The van der Waals surface area contributed by atoms with Crippen LogP contribution in [0.4, 0.5) is 0 Å². The predicted octanol–water partition coefficient (Wildman–Crippen LogP) is -0.813. The van der Waals surface area contributed by atoms with Crippen molar-refractivity contribution in [2.75, 3.05) is 11.5 Å². The zero-order valence-electron chi connectivity index (χ0n) is 4.94. The zero-order valence-corrected chi connectivity index (χ0v) is 6.72. The Morgan fingerprint density at radius 1 is 1.00 bits per heavy atom. The van der Waals surface area contributed by atoms with E-state index in [1.165, 1.54) is 0 Å². The summed E-state index contributed by atoms with van der Waals surface area (Å²) < 4.78 is 0. The molecule has 0 spiro atoms. The van der Waals surface area contributed by atoms with Gasteiger partial charge in [-0.25, -0.2) is 0 Å². The Hall–Kier alpha value is 0.685. The maximum Gasteiger partial charge on any atom is 0.0894 e. The summed E-state index contributed by atoms with van der Waals surface area (Å²) in [7, 11) is 0. The van der Waals surface area contributed by atoms with Gasteiger partial charge in [-0.05, 0) is 0 Å². The lowest BCUT2D eigenvalue weighted by molar-refractivity contribution is 0.0504. The second-order valence-corrected chi connectivity index (χ2v) is 2.23. The molecule has 0 aliphatic heterocycles. The smallest absolute Gasteiger partial charge is 0.0894 e. The first-order chi connectivity index (χ1) is 3.72. The molecule has 2 atom stereocenters. The van der Waals surface area contributed by atoms with Gasteiger partial charge < -0.3 is 10.2 Å². The van der Waals surface area contributed by atoms with Gasteiger partial charge in [-0.2, -0.15) is 25.3 Å². The molecule has 0 bridgehead atoms. The summed E-state index contributed by atoms with van der Waals surface area (Å²) >= 11 is 7.53. The van der Waals surface area contributed by atoms with Crippen molar-refractivity contribution >= 4 is 33.7 Å². The van der Waals surface area contributed by atoms with Crippen LogP contribution in [0, 0.1) is 0 Å². The topological polar surface area (TPSA) is 40.5 Å². The Morgan fingerprint density at radius 2 is 1.22 bits per heavy atom. The molecule has 0 fully saturated rings. The Morgan fingerprint density at radius 3 is 1.33 bits per heavy atom. The van der Waals surface area contributed by atoms with Crippen molar-refractivity contribution in [3.63, 3.8) is 0 Å². The second kappa shape index (κ2) is 6.80. The van der Waals surface area contributed by atoms with Crippen LogP contribution in [-0.4, -0.2) is 42.3 Å². The molecular weight excluding hydrogens is 155 g/mol. The highest BCUT2D eigenvalue weighted by Crippen LogP contribution is 1.96. The fourth-order valence-electron chi connectivity index (χ4n) is 0.243. The molecule has 0 aromatic rings. The first kappa shape index (κ1) is 12.4. The van der Waals surface area contributed by atoms with Crippen molar-refractivity contribution < 1.29 is 10.2 Å². The maximum atomic E-state index is 8.75. The molecule has 0 aromatic heterocycles. The summed E-state index contributed by atoms with van der Waals surface area (Å²) in [5.41, 5.74) is 0. The lowest BCUT2D eigenvalue weighted by Gasteiger charge is -2.11.